The number of pyridine rings is 1. The molecule has 0 aliphatic rings. The predicted molar refractivity (Wildman–Crippen MR) is 108 cm³/mol. The van der Waals surface area contributed by atoms with Crippen LogP contribution in [-0.2, 0) is 16.6 Å². The van der Waals surface area contributed by atoms with Gasteiger partial charge in [0, 0.05) is 36.8 Å². The van der Waals surface area contributed by atoms with Crippen molar-refractivity contribution in [2.45, 2.75) is 51.5 Å². The maximum absolute atomic E-state index is 12.3. The summed E-state index contributed by atoms with van der Waals surface area (Å²) in [6.07, 6.45) is 4.94. The molecule has 2 aromatic heterocycles. The minimum atomic E-state index is -0.0140. The lowest BCUT2D eigenvalue weighted by molar-refractivity contribution is -0.121. The molecule has 1 N–H and O–H groups in total. The van der Waals surface area contributed by atoms with Crippen molar-refractivity contribution >= 4 is 5.91 Å². The van der Waals surface area contributed by atoms with Crippen molar-refractivity contribution in [2.24, 2.45) is 0 Å². The molecule has 0 saturated heterocycles. The summed E-state index contributed by atoms with van der Waals surface area (Å²) in [6, 6.07) is 14.1. The number of aryl methyl sites for hydroxylation is 1. The van der Waals surface area contributed by atoms with Crippen molar-refractivity contribution in [3.05, 3.63) is 66.3 Å². The van der Waals surface area contributed by atoms with Crippen LogP contribution < -0.4 is 5.32 Å². The highest BCUT2D eigenvalue weighted by Crippen LogP contribution is 2.28. The van der Waals surface area contributed by atoms with Gasteiger partial charge in [0.1, 0.15) is 0 Å². The smallest absolute Gasteiger partial charge is 0.227 e. The van der Waals surface area contributed by atoms with E-state index in [1.807, 2.05) is 37.3 Å². The highest BCUT2D eigenvalue weighted by Gasteiger charge is 2.24. The number of carbonyl (C=O) groups is 1. The van der Waals surface area contributed by atoms with Crippen molar-refractivity contribution in [3.63, 3.8) is 0 Å². The second kappa shape index (κ2) is 8.78. The van der Waals surface area contributed by atoms with Gasteiger partial charge < -0.3 is 9.84 Å². The van der Waals surface area contributed by atoms with Gasteiger partial charge in [0.15, 0.2) is 0 Å². The number of hydrogen-bond acceptors (Lipinski definition) is 5. The first kappa shape index (κ1) is 19.7. The molecule has 146 valence electrons. The van der Waals surface area contributed by atoms with Crippen LogP contribution in [0.4, 0.5) is 0 Å². The number of nitrogens with zero attached hydrogens (tertiary/aromatic N) is 3. The minimum absolute atomic E-state index is 0.0139. The van der Waals surface area contributed by atoms with E-state index in [9.17, 15) is 4.79 Å². The summed E-state index contributed by atoms with van der Waals surface area (Å²) in [4.78, 5) is 20.6. The maximum Gasteiger partial charge on any atom is 0.227 e. The number of aromatic nitrogens is 3. The average Bonchev–Trinajstić information content (AvgIpc) is 3.16. The summed E-state index contributed by atoms with van der Waals surface area (Å²) >= 11 is 0. The monoisotopic (exact) mass is 378 g/mol. The summed E-state index contributed by atoms with van der Waals surface area (Å²) in [5.74, 6) is 0.954. The van der Waals surface area contributed by atoms with E-state index >= 15 is 0 Å². The van der Waals surface area contributed by atoms with Gasteiger partial charge in [0.25, 0.3) is 0 Å². The number of nitrogens with one attached hydrogen (secondary N) is 1. The Morgan fingerprint density at radius 2 is 1.86 bits per heavy atom. The van der Waals surface area contributed by atoms with Crippen LogP contribution >= 0.6 is 0 Å². The van der Waals surface area contributed by atoms with Gasteiger partial charge in [-0.25, -0.2) is 0 Å². The molecule has 1 amide bonds. The van der Waals surface area contributed by atoms with E-state index in [0.29, 0.717) is 24.6 Å². The van der Waals surface area contributed by atoms with Gasteiger partial charge in [0.2, 0.25) is 17.6 Å². The molecule has 0 spiro atoms. The molecule has 0 aliphatic heterocycles. The first-order valence-electron chi connectivity index (χ1n) is 9.52. The Morgan fingerprint density at radius 1 is 1.14 bits per heavy atom. The lowest BCUT2D eigenvalue weighted by atomic mass is 9.79. The second-order valence-corrected chi connectivity index (χ2v) is 7.67. The Bertz CT molecular complexity index is 891. The first-order chi connectivity index (χ1) is 13.4. The van der Waals surface area contributed by atoms with Gasteiger partial charge in [-0.1, -0.05) is 49.3 Å². The maximum atomic E-state index is 12.3. The zero-order chi connectivity index (χ0) is 20.0. The number of rotatable bonds is 8. The molecule has 0 unspecified atom stereocenters. The standard InChI is InChI=1S/C22H26N4O2/c1-16(15-22(2,3)18-7-5-4-6-8-18)24-19(27)9-10-20-25-21(26-28-20)17-11-13-23-14-12-17/h4-8,11-14,16H,9-10,15H2,1-3H3,(H,24,27)/t16-/m0/s1. The molecule has 1 atom stereocenters. The average molecular weight is 378 g/mol. The third kappa shape index (κ3) is 5.25. The third-order valence-electron chi connectivity index (χ3n) is 4.75. The van der Waals surface area contributed by atoms with Gasteiger partial charge in [-0.3, -0.25) is 9.78 Å². The molecule has 0 radical (unpaired) electrons. The second-order valence-electron chi connectivity index (χ2n) is 7.67. The topological polar surface area (TPSA) is 80.9 Å². The Kier molecular flexibility index (Phi) is 6.19. The Labute approximate surface area is 165 Å². The van der Waals surface area contributed by atoms with E-state index in [1.165, 1.54) is 5.56 Å². The first-order valence-corrected chi connectivity index (χ1v) is 9.52. The van der Waals surface area contributed by atoms with E-state index in [-0.39, 0.29) is 17.4 Å². The van der Waals surface area contributed by atoms with Crippen LogP contribution in [0.1, 0.15) is 45.1 Å². The van der Waals surface area contributed by atoms with Gasteiger partial charge in [-0.05, 0) is 36.5 Å². The Balaban J connectivity index is 1.48. The molecule has 28 heavy (non-hydrogen) atoms. The lowest BCUT2D eigenvalue weighted by Gasteiger charge is -2.29. The van der Waals surface area contributed by atoms with E-state index in [4.69, 9.17) is 4.52 Å². The van der Waals surface area contributed by atoms with Crippen molar-refractivity contribution in [3.8, 4) is 11.4 Å². The normalized spacial score (nSPS) is 12.5. The van der Waals surface area contributed by atoms with Crippen LogP contribution in [0.2, 0.25) is 0 Å². The molecule has 1 aromatic carbocycles. The van der Waals surface area contributed by atoms with Crippen molar-refractivity contribution in [1.82, 2.24) is 20.4 Å². The molecule has 3 rings (SSSR count). The quantitative estimate of drug-likeness (QED) is 0.642. The number of hydrogen-bond donors (Lipinski definition) is 1. The van der Waals surface area contributed by atoms with Crippen molar-refractivity contribution < 1.29 is 9.32 Å². The van der Waals surface area contributed by atoms with E-state index in [0.717, 1.165) is 12.0 Å². The molecule has 2 heterocycles. The van der Waals surface area contributed by atoms with Crippen LogP contribution in [0, 0.1) is 0 Å². The minimum Gasteiger partial charge on any atom is -0.354 e. The predicted octanol–water partition coefficient (Wildman–Crippen LogP) is 3.94. The lowest BCUT2D eigenvalue weighted by Crippen LogP contribution is -2.37. The Morgan fingerprint density at radius 3 is 2.57 bits per heavy atom. The van der Waals surface area contributed by atoms with Crippen LogP contribution in [0.25, 0.3) is 11.4 Å². The summed E-state index contributed by atoms with van der Waals surface area (Å²) < 4.78 is 5.25. The summed E-state index contributed by atoms with van der Waals surface area (Å²) in [6.45, 7) is 6.44. The third-order valence-corrected chi connectivity index (χ3v) is 4.75. The fourth-order valence-corrected chi connectivity index (χ4v) is 3.37. The van der Waals surface area contributed by atoms with Gasteiger partial charge >= 0.3 is 0 Å². The van der Waals surface area contributed by atoms with Gasteiger partial charge in [-0.2, -0.15) is 4.98 Å². The summed E-state index contributed by atoms with van der Waals surface area (Å²) in [5.41, 5.74) is 2.09. The fraction of sp³-hybridized carbons (Fsp3) is 0.364. The molecule has 0 aliphatic carbocycles. The largest absolute Gasteiger partial charge is 0.354 e. The summed E-state index contributed by atoms with van der Waals surface area (Å²) in [5, 5.41) is 7.04. The molecule has 6 nitrogen and oxygen atoms in total. The molecular formula is C22H26N4O2. The van der Waals surface area contributed by atoms with Crippen LogP contribution in [-0.4, -0.2) is 27.1 Å². The highest BCUT2D eigenvalue weighted by molar-refractivity contribution is 5.76. The zero-order valence-corrected chi connectivity index (χ0v) is 16.6. The van der Waals surface area contributed by atoms with Crippen molar-refractivity contribution in [1.29, 1.82) is 0 Å². The van der Waals surface area contributed by atoms with E-state index in [1.54, 1.807) is 12.4 Å². The van der Waals surface area contributed by atoms with Crippen molar-refractivity contribution in [2.75, 3.05) is 0 Å². The molecule has 3 aromatic rings. The molecular weight excluding hydrogens is 352 g/mol. The fourth-order valence-electron chi connectivity index (χ4n) is 3.37. The van der Waals surface area contributed by atoms with Crippen LogP contribution in [0.15, 0.2) is 59.4 Å². The van der Waals surface area contributed by atoms with E-state index < -0.39 is 0 Å². The zero-order valence-electron chi connectivity index (χ0n) is 16.6. The molecule has 0 bridgehead atoms. The van der Waals surface area contributed by atoms with Gasteiger partial charge in [0.05, 0.1) is 0 Å². The summed E-state index contributed by atoms with van der Waals surface area (Å²) in [7, 11) is 0. The molecule has 6 heteroatoms. The number of benzene rings is 1. The highest BCUT2D eigenvalue weighted by atomic mass is 16.5. The SMILES string of the molecule is C[C@@H](CC(C)(C)c1ccccc1)NC(=O)CCc1nc(-c2ccncc2)no1. The van der Waals surface area contributed by atoms with E-state index in [2.05, 4.69) is 46.4 Å². The molecule has 0 fully saturated rings. The number of amides is 1. The molecule has 0 saturated carbocycles. The Hall–Kier alpha value is -3.02. The number of carbonyl (C=O) groups excluding carboxylic acids is 1. The van der Waals surface area contributed by atoms with Crippen LogP contribution in [0.5, 0.6) is 0 Å². The van der Waals surface area contributed by atoms with Crippen LogP contribution in [0.3, 0.4) is 0 Å². The van der Waals surface area contributed by atoms with Gasteiger partial charge in [-0.15, -0.1) is 0 Å².